The summed E-state index contributed by atoms with van der Waals surface area (Å²) >= 11 is 0. The Morgan fingerprint density at radius 2 is 1.83 bits per heavy atom. The van der Waals surface area contributed by atoms with Crippen molar-refractivity contribution in [3.8, 4) is 0 Å². The van der Waals surface area contributed by atoms with E-state index in [1.165, 1.54) is 0 Å². The van der Waals surface area contributed by atoms with E-state index in [0.29, 0.717) is 12.5 Å². The average Bonchev–Trinajstić information content (AvgIpc) is 2.24. The molecule has 0 rings (SSSR count). The van der Waals surface area contributed by atoms with E-state index < -0.39 is 0 Å². The highest BCUT2D eigenvalue weighted by molar-refractivity contribution is 4.90. The molecule has 0 bridgehead atoms. The summed E-state index contributed by atoms with van der Waals surface area (Å²) in [6.07, 6.45) is 0. The first kappa shape index (κ1) is 17.8. The van der Waals surface area contributed by atoms with Crippen LogP contribution in [-0.4, -0.2) is 55.5 Å². The van der Waals surface area contributed by atoms with E-state index in [0.717, 1.165) is 13.1 Å². The SMILES string of the molecule is COCCN(CC(C)C)C(CO)C(N)C(C)(C)C. The number of aliphatic hydroxyl groups excluding tert-OH is 1. The first-order valence-corrected chi connectivity index (χ1v) is 6.83. The second kappa shape index (κ2) is 8.10. The molecule has 110 valence electrons. The topological polar surface area (TPSA) is 58.7 Å². The second-order valence-electron chi connectivity index (χ2n) is 6.52. The van der Waals surface area contributed by atoms with E-state index in [1.807, 2.05) is 0 Å². The summed E-state index contributed by atoms with van der Waals surface area (Å²) in [5, 5.41) is 9.68. The number of nitrogens with two attached hydrogens (primary N) is 1. The van der Waals surface area contributed by atoms with Crippen LogP contribution in [0.15, 0.2) is 0 Å². The van der Waals surface area contributed by atoms with Crippen molar-refractivity contribution in [3.05, 3.63) is 0 Å². The Labute approximate surface area is 112 Å². The van der Waals surface area contributed by atoms with Gasteiger partial charge >= 0.3 is 0 Å². The first-order chi connectivity index (χ1) is 8.23. The minimum absolute atomic E-state index is 0.0115. The van der Waals surface area contributed by atoms with E-state index in [2.05, 4.69) is 39.5 Å². The van der Waals surface area contributed by atoms with Gasteiger partial charge in [-0.3, -0.25) is 4.90 Å². The van der Waals surface area contributed by atoms with E-state index >= 15 is 0 Å². The molecule has 0 radical (unpaired) electrons. The Morgan fingerprint density at radius 1 is 1.28 bits per heavy atom. The van der Waals surface area contributed by atoms with Gasteiger partial charge in [0, 0.05) is 32.3 Å². The fourth-order valence-corrected chi connectivity index (χ4v) is 2.10. The Bertz CT molecular complexity index is 214. The lowest BCUT2D eigenvalue weighted by Gasteiger charge is -2.40. The smallest absolute Gasteiger partial charge is 0.0602 e. The molecule has 0 spiro atoms. The van der Waals surface area contributed by atoms with Crippen molar-refractivity contribution in [2.45, 2.75) is 46.7 Å². The van der Waals surface area contributed by atoms with Crippen LogP contribution in [-0.2, 0) is 4.74 Å². The molecule has 0 aromatic rings. The van der Waals surface area contributed by atoms with Crippen molar-refractivity contribution in [1.29, 1.82) is 0 Å². The number of rotatable bonds is 8. The number of nitrogens with zero attached hydrogens (tertiary/aromatic N) is 1. The summed E-state index contributed by atoms with van der Waals surface area (Å²) in [6.45, 7) is 13.2. The predicted molar refractivity (Wildman–Crippen MR) is 76.6 cm³/mol. The molecule has 2 atom stereocenters. The molecule has 0 saturated carbocycles. The maximum atomic E-state index is 9.68. The van der Waals surface area contributed by atoms with Crippen LogP contribution in [0.2, 0.25) is 0 Å². The largest absolute Gasteiger partial charge is 0.395 e. The molecule has 0 aliphatic carbocycles. The Kier molecular flexibility index (Phi) is 8.03. The van der Waals surface area contributed by atoms with Gasteiger partial charge in [-0.1, -0.05) is 34.6 Å². The Hall–Kier alpha value is -0.160. The lowest BCUT2D eigenvalue weighted by Crippen LogP contribution is -2.56. The minimum Gasteiger partial charge on any atom is -0.395 e. The zero-order chi connectivity index (χ0) is 14.3. The van der Waals surface area contributed by atoms with Gasteiger partial charge < -0.3 is 15.6 Å². The van der Waals surface area contributed by atoms with Crippen LogP contribution in [0.3, 0.4) is 0 Å². The summed E-state index contributed by atoms with van der Waals surface area (Å²) in [4.78, 5) is 2.25. The summed E-state index contributed by atoms with van der Waals surface area (Å²) < 4.78 is 5.15. The van der Waals surface area contributed by atoms with E-state index in [4.69, 9.17) is 10.5 Å². The van der Waals surface area contributed by atoms with Gasteiger partial charge in [-0.15, -0.1) is 0 Å². The van der Waals surface area contributed by atoms with Crippen molar-refractivity contribution < 1.29 is 9.84 Å². The molecule has 0 aromatic heterocycles. The fourth-order valence-electron chi connectivity index (χ4n) is 2.10. The van der Waals surface area contributed by atoms with Crippen LogP contribution in [0.1, 0.15) is 34.6 Å². The average molecular weight is 260 g/mol. The molecule has 0 fully saturated rings. The fraction of sp³-hybridized carbons (Fsp3) is 1.00. The van der Waals surface area contributed by atoms with Gasteiger partial charge in [-0.2, -0.15) is 0 Å². The molecule has 4 nitrogen and oxygen atoms in total. The van der Waals surface area contributed by atoms with Gasteiger partial charge in [-0.05, 0) is 11.3 Å². The monoisotopic (exact) mass is 260 g/mol. The molecule has 4 heteroatoms. The maximum absolute atomic E-state index is 9.68. The maximum Gasteiger partial charge on any atom is 0.0602 e. The molecule has 18 heavy (non-hydrogen) atoms. The van der Waals surface area contributed by atoms with Crippen molar-refractivity contribution in [1.82, 2.24) is 4.90 Å². The number of aliphatic hydroxyl groups is 1. The molecule has 0 heterocycles. The Morgan fingerprint density at radius 3 is 2.17 bits per heavy atom. The number of hydrogen-bond acceptors (Lipinski definition) is 4. The molecular formula is C14H32N2O2. The van der Waals surface area contributed by atoms with Crippen LogP contribution >= 0.6 is 0 Å². The van der Waals surface area contributed by atoms with Crippen LogP contribution in [0.25, 0.3) is 0 Å². The Balaban J connectivity index is 4.78. The highest BCUT2D eigenvalue weighted by atomic mass is 16.5. The van der Waals surface area contributed by atoms with E-state index in [1.54, 1.807) is 7.11 Å². The van der Waals surface area contributed by atoms with Gasteiger partial charge in [0.25, 0.3) is 0 Å². The van der Waals surface area contributed by atoms with E-state index in [9.17, 15) is 5.11 Å². The van der Waals surface area contributed by atoms with Gasteiger partial charge in [0.1, 0.15) is 0 Å². The molecular weight excluding hydrogens is 228 g/mol. The lowest BCUT2D eigenvalue weighted by atomic mass is 9.82. The molecule has 0 amide bonds. The minimum atomic E-state index is -0.0573. The summed E-state index contributed by atoms with van der Waals surface area (Å²) in [6, 6.07) is -0.0688. The van der Waals surface area contributed by atoms with Gasteiger partial charge in [0.2, 0.25) is 0 Å². The van der Waals surface area contributed by atoms with Gasteiger partial charge in [0.05, 0.1) is 13.2 Å². The van der Waals surface area contributed by atoms with Gasteiger partial charge in [-0.25, -0.2) is 0 Å². The normalized spacial score (nSPS) is 16.3. The summed E-state index contributed by atoms with van der Waals surface area (Å²) in [5.74, 6) is 0.545. The summed E-state index contributed by atoms with van der Waals surface area (Å²) in [5.41, 5.74) is 6.29. The predicted octanol–water partition coefficient (Wildman–Crippen LogP) is 1.33. The lowest BCUT2D eigenvalue weighted by molar-refractivity contribution is 0.0432. The van der Waals surface area contributed by atoms with Crippen molar-refractivity contribution >= 4 is 0 Å². The van der Waals surface area contributed by atoms with Crippen LogP contribution < -0.4 is 5.73 Å². The third kappa shape index (κ3) is 6.14. The number of methoxy groups -OCH3 is 1. The van der Waals surface area contributed by atoms with Crippen molar-refractivity contribution in [3.63, 3.8) is 0 Å². The van der Waals surface area contributed by atoms with Crippen molar-refractivity contribution in [2.24, 2.45) is 17.1 Å². The molecule has 0 saturated heterocycles. The van der Waals surface area contributed by atoms with Crippen molar-refractivity contribution in [2.75, 3.05) is 33.4 Å². The molecule has 2 unspecified atom stereocenters. The van der Waals surface area contributed by atoms with Crippen LogP contribution in [0, 0.1) is 11.3 Å². The molecule has 0 aliphatic rings. The van der Waals surface area contributed by atoms with Crippen LogP contribution in [0.4, 0.5) is 0 Å². The zero-order valence-electron chi connectivity index (χ0n) is 12.9. The molecule has 3 N–H and O–H groups in total. The molecule has 0 aliphatic heterocycles. The third-order valence-electron chi connectivity index (χ3n) is 3.25. The third-order valence-corrected chi connectivity index (χ3v) is 3.25. The summed E-state index contributed by atoms with van der Waals surface area (Å²) in [7, 11) is 1.70. The van der Waals surface area contributed by atoms with E-state index in [-0.39, 0.29) is 24.1 Å². The number of ether oxygens (including phenoxy) is 1. The quantitative estimate of drug-likeness (QED) is 0.691. The standard InChI is InChI=1S/C14H32N2O2/c1-11(2)9-16(7-8-18-6)12(10-17)13(15)14(3,4)5/h11-13,17H,7-10,15H2,1-6H3. The second-order valence-corrected chi connectivity index (χ2v) is 6.52. The van der Waals surface area contributed by atoms with Crippen LogP contribution in [0.5, 0.6) is 0 Å². The van der Waals surface area contributed by atoms with Gasteiger partial charge in [0.15, 0.2) is 0 Å². The molecule has 0 aromatic carbocycles. The first-order valence-electron chi connectivity index (χ1n) is 6.83. The highest BCUT2D eigenvalue weighted by Gasteiger charge is 2.32. The highest BCUT2D eigenvalue weighted by Crippen LogP contribution is 2.23. The zero-order valence-corrected chi connectivity index (χ0v) is 12.9. The number of hydrogen-bond donors (Lipinski definition) is 2.